The molecule has 5 aromatic carbocycles. The Kier molecular flexibility index (Phi) is 7.38. The summed E-state index contributed by atoms with van der Waals surface area (Å²) in [6, 6.07) is 30.8. The zero-order chi connectivity index (χ0) is 35.6. The molecule has 0 atom stereocenters. The molecule has 0 bridgehead atoms. The van der Waals surface area contributed by atoms with Gasteiger partial charge in [-0.05, 0) is 105 Å². The minimum Gasteiger partial charge on any atom is -0.219 e. The van der Waals surface area contributed by atoms with Gasteiger partial charge in [0.2, 0.25) is 19.7 Å². The van der Waals surface area contributed by atoms with E-state index in [4.69, 9.17) is 0 Å². The summed E-state index contributed by atoms with van der Waals surface area (Å²) >= 11 is 0. The standard InChI is InChI=1S/C38H18F3N3O4S2/c39-38(40,41)35(21-44)37-32-16-26(50(47,48)24-9-5-2-6-10-24)12-14-28(32)30-17-29-27-13-11-25(49(45,46)23-7-3-1-4-8-23)15-31(27)36(22(19-42)20-43)33(29)18-34(30)37/h1-18H/b37-35-. The molecule has 0 aromatic heterocycles. The first-order valence-corrected chi connectivity index (χ1v) is 17.6. The summed E-state index contributed by atoms with van der Waals surface area (Å²) in [4.78, 5) is -0.472. The molecular formula is C38H18F3N3O4S2. The van der Waals surface area contributed by atoms with Gasteiger partial charge in [0, 0.05) is 11.1 Å². The average Bonchev–Trinajstić information content (AvgIpc) is 3.59. The Morgan fingerprint density at radius 3 is 1.28 bits per heavy atom. The topological polar surface area (TPSA) is 140 Å². The van der Waals surface area contributed by atoms with Crippen molar-refractivity contribution in [3.05, 3.63) is 143 Å². The molecule has 5 aromatic rings. The second-order valence-corrected chi connectivity index (χ2v) is 15.2. The molecule has 2 aliphatic rings. The highest BCUT2D eigenvalue weighted by Crippen LogP contribution is 2.55. The van der Waals surface area contributed by atoms with Crippen molar-refractivity contribution < 1.29 is 30.0 Å². The number of benzene rings is 5. The van der Waals surface area contributed by atoms with Gasteiger partial charge in [0.25, 0.3) is 0 Å². The second kappa shape index (κ2) is 11.4. The van der Waals surface area contributed by atoms with E-state index in [9.17, 15) is 45.8 Å². The largest absolute Gasteiger partial charge is 0.426 e. The number of hydrogen-bond acceptors (Lipinski definition) is 7. The van der Waals surface area contributed by atoms with Gasteiger partial charge in [-0.1, -0.05) is 48.5 Å². The predicted molar refractivity (Wildman–Crippen MR) is 176 cm³/mol. The van der Waals surface area contributed by atoms with Crippen LogP contribution < -0.4 is 0 Å². The van der Waals surface area contributed by atoms with Crippen LogP contribution in [-0.2, 0) is 19.7 Å². The highest BCUT2D eigenvalue weighted by molar-refractivity contribution is 7.91. The number of allylic oxidation sites excluding steroid dienone is 2. The Labute approximate surface area is 284 Å². The van der Waals surface area contributed by atoms with Crippen LogP contribution in [0.1, 0.15) is 22.3 Å². The summed E-state index contributed by atoms with van der Waals surface area (Å²) in [6.45, 7) is 0. The van der Waals surface area contributed by atoms with Crippen LogP contribution in [0.2, 0.25) is 0 Å². The van der Waals surface area contributed by atoms with Crippen LogP contribution in [0.5, 0.6) is 0 Å². The van der Waals surface area contributed by atoms with Gasteiger partial charge < -0.3 is 0 Å². The first kappa shape index (κ1) is 32.3. The summed E-state index contributed by atoms with van der Waals surface area (Å²) in [5.74, 6) is 0. The third kappa shape index (κ3) is 4.83. The van der Waals surface area contributed by atoms with Crippen molar-refractivity contribution in [3.8, 4) is 40.5 Å². The Balaban J connectivity index is 1.51. The van der Waals surface area contributed by atoms with Crippen LogP contribution >= 0.6 is 0 Å². The number of nitriles is 3. The maximum absolute atomic E-state index is 14.5. The molecule has 0 spiro atoms. The number of rotatable bonds is 4. The zero-order valence-corrected chi connectivity index (χ0v) is 27.0. The van der Waals surface area contributed by atoms with E-state index in [1.165, 1.54) is 78.9 Å². The molecule has 2 aliphatic carbocycles. The Morgan fingerprint density at radius 2 is 0.860 bits per heavy atom. The van der Waals surface area contributed by atoms with E-state index in [-0.39, 0.29) is 58.5 Å². The fourth-order valence-electron chi connectivity index (χ4n) is 6.42. The van der Waals surface area contributed by atoms with Crippen LogP contribution in [0.15, 0.2) is 140 Å². The van der Waals surface area contributed by atoms with Crippen molar-refractivity contribution in [2.45, 2.75) is 25.8 Å². The van der Waals surface area contributed by atoms with E-state index in [1.54, 1.807) is 30.3 Å². The molecule has 0 saturated heterocycles. The molecule has 0 saturated carbocycles. The molecule has 242 valence electrons. The van der Waals surface area contributed by atoms with E-state index in [0.29, 0.717) is 11.1 Å². The first-order chi connectivity index (χ1) is 23.8. The average molecular weight is 702 g/mol. The number of alkyl halides is 3. The number of sulfone groups is 2. The summed E-state index contributed by atoms with van der Waals surface area (Å²) < 4.78 is 97.6. The number of hydrogen-bond donors (Lipinski definition) is 0. The summed E-state index contributed by atoms with van der Waals surface area (Å²) in [5.41, 5.74) is -1.04. The molecule has 0 unspecified atom stereocenters. The van der Waals surface area contributed by atoms with Gasteiger partial charge in [0.15, 0.2) is 0 Å². The zero-order valence-electron chi connectivity index (χ0n) is 25.3. The predicted octanol–water partition coefficient (Wildman–Crippen LogP) is 8.05. The number of fused-ring (bicyclic) bond motifs is 6. The van der Waals surface area contributed by atoms with Crippen LogP contribution in [-0.4, -0.2) is 23.0 Å². The Bertz CT molecular complexity index is 2720. The van der Waals surface area contributed by atoms with Gasteiger partial charge in [-0.25, -0.2) is 16.8 Å². The van der Waals surface area contributed by atoms with Crippen molar-refractivity contribution in [1.82, 2.24) is 0 Å². The van der Waals surface area contributed by atoms with Gasteiger partial charge >= 0.3 is 6.18 Å². The van der Waals surface area contributed by atoms with Crippen LogP contribution in [0.3, 0.4) is 0 Å². The Morgan fingerprint density at radius 1 is 0.460 bits per heavy atom. The molecular weight excluding hydrogens is 684 g/mol. The van der Waals surface area contributed by atoms with Gasteiger partial charge in [-0.15, -0.1) is 0 Å². The fraction of sp³-hybridized carbons (Fsp3) is 0.0263. The van der Waals surface area contributed by atoms with Gasteiger partial charge in [-0.2, -0.15) is 29.0 Å². The quantitative estimate of drug-likeness (QED) is 0.169. The molecule has 7 rings (SSSR count). The van der Waals surface area contributed by atoms with Crippen molar-refractivity contribution in [3.63, 3.8) is 0 Å². The van der Waals surface area contributed by atoms with E-state index in [1.807, 2.05) is 12.1 Å². The monoisotopic (exact) mass is 701 g/mol. The third-order valence-electron chi connectivity index (χ3n) is 8.64. The van der Waals surface area contributed by atoms with Gasteiger partial charge in [0.05, 0.1) is 19.6 Å². The third-order valence-corrected chi connectivity index (χ3v) is 12.2. The minimum atomic E-state index is -5.14. The second-order valence-electron chi connectivity index (χ2n) is 11.3. The minimum absolute atomic E-state index is 0.0111. The van der Waals surface area contributed by atoms with E-state index < -0.39 is 42.6 Å². The maximum atomic E-state index is 14.5. The smallest absolute Gasteiger partial charge is 0.219 e. The van der Waals surface area contributed by atoms with Crippen molar-refractivity contribution in [1.29, 1.82) is 15.8 Å². The molecule has 0 radical (unpaired) electrons. The van der Waals surface area contributed by atoms with E-state index >= 15 is 0 Å². The lowest BCUT2D eigenvalue weighted by Gasteiger charge is -2.13. The van der Waals surface area contributed by atoms with E-state index in [0.717, 1.165) is 6.07 Å². The fourth-order valence-corrected chi connectivity index (χ4v) is 9.04. The van der Waals surface area contributed by atoms with Gasteiger partial charge in [-0.3, -0.25) is 0 Å². The number of halogens is 3. The van der Waals surface area contributed by atoms with Crippen molar-refractivity contribution in [2.24, 2.45) is 0 Å². The summed E-state index contributed by atoms with van der Waals surface area (Å²) in [7, 11) is -8.21. The molecule has 0 N–H and O–H groups in total. The van der Waals surface area contributed by atoms with Crippen LogP contribution in [0.4, 0.5) is 13.2 Å². The maximum Gasteiger partial charge on any atom is 0.426 e. The lowest BCUT2D eigenvalue weighted by atomic mass is 9.92. The highest BCUT2D eigenvalue weighted by atomic mass is 32.2. The SMILES string of the molecule is N#CC(C#N)=C1c2cc(S(=O)(=O)c3ccccc3)ccc2-c2cc3c(cc21)/C(=C(/C#N)C(F)(F)F)c1cc(S(=O)(=O)c2ccccc2)ccc1-3. The Hall–Kier alpha value is -6.26. The first-order valence-electron chi connectivity index (χ1n) is 14.7. The van der Waals surface area contributed by atoms with Crippen molar-refractivity contribution in [2.75, 3.05) is 0 Å². The van der Waals surface area contributed by atoms with Crippen LogP contribution in [0, 0.1) is 34.0 Å². The molecule has 0 heterocycles. The van der Waals surface area contributed by atoms with Gasteiger partial charge in [0.1, 0.15) is 29.4 Å². The highest BCUT2D eigenvalue weighted by Gasteiger charge is 2.42. The van der Waals surface area contributed by atoms with Crippen LogP contribution in [0.25, 0.3) is 33.4 Å². The summed E-state index contributed by atoms with van der Waals surface area (Å²) in [5, 5.41) is 29.8. The van der Waals surface area contributed by atoms with E-state index in [2.05, 4.69) is 0 Å². The summed E-state index contributed by atoms with van der Waals surface area (Å²) in [6.07, 6.45) is -5.14. The molecule has 50 heavy (non-hydrogen) atoms. The molecule has 12 heteroatoms. The molecule has 0 aliphatic heterocycles. The molecule has 7 nitrogen and oxygen atoms in total. The molecule has 0 fully saturated rings. The molecule has 0 amide bonds. The normalized spacial score (nSPS) is 14.0. The number of nitrogens with zero attached hydrogens (tertiary/aromatic N) is 3. The lowest BCUT2D eigenvalue weighted by molar-refractivity contribution is -0.0867. The lowest BCUT2D eigenvalue weighted by Crippen LogP contribution is -2.13. The van der Waals surface area contributed by atoms with Crippen molar-refractivity contribution >= 4 is 30.8 Å².